The monoisotopic (exact) mass is 338 g/mol. The standard InChI is InChI=1S/C12H15BrO2.C5H8/c1-2-3-4-7-15-12-8-11(13)6-5-10(12)9-14;1-3-5-4-2/h5-6,8-9H,2-4,7H2,1H3;3H2,1-2H3. The summed E-state index contributed by atoms with van der Waals surface area (Å²) in [7, 11) is 0. The maximum atomic E-state index is 10.7. The van der Waals surface area contributed by atoms with Gasteiger partial charge in [-0.15, -0.1) is 11.8 Å². The van der Waals surface area contributed by atoms with E-state index < -0.39 is 0 Å². The molecule has 0 aliphatic rings. The number of carbonyl (C=O) groups is 1. The van der Waals surface area contributed by atoms with Crippen molar-refractivity contribution >= 4 is 22.2 Å². The fourth-order valence-corrected chi connectivity index (χ4v) is 1.78. The quantitative estimate of drug-likeness (QED) is 0.402. The fraction of sp³-hybridized carbons (Fsp3) is 0.471. The lowest BCUT2D eigenvalue weighted by Gasteiger charge is -2.08. The molecule has 0 N–H and O–H groups in total. The Hall–Kier alpha value is -1.27. The molecule has 0 fully saturated rings. The molecule has 0 amide bonds. The average Bonchev–Trinajstić information content (AvgIpc) is 2.45. The molecule has 0 saturated carbocycles. The number of unbranched alkanes of at least 4 members (excludes halogenated alkanes) is 2. The van der Waals surface area contributed by atoms with E-state index in [1.807, 2.05) is 26.0 Å². The molecule has 1 aromatic rings. The predicted octanol–water partition coefficient (Wildman–Crippen LogP) is 5.25. The summed E-state index contributed by atoms with van der Waals surface area (Å²) in [6, 6.07) is 5.42. The molecule has 0 unspecified atom stereocenters. The molecule has 0 atom stereocenters. The Morgan fingerprint density at radius 3 is 2.55 bits per heavy atom. The van der Waals surface area contributed by atoms with Gasteiger partial charge in [-0.3, -0.25) is 4.79 Å². The molecule has 110 valence electrons. The third-order valence-electron chi connectivity index (χ3n) is 2.46. The van der Waals surface area contributed by atoms with E-state index in [-0.39, 0.29) is 0 Å². The van der Waals surface area contributed by atoms with E-state index in [2.05, 4.69) is 34.7 Å². The normalized spacial score (nSPS) is 8.80. The molecule has 0 aliphatic carbocycles. The van der Waals surface area contributed by atoms with Crippen molar-refractivity contribution in [3.05, 3.63) is 28.2 Å². The number of benzene rings is 1. The van der Waals surface area contributed by atoms with Gasteiger partial charge in [0.2, 0.25) is 0 Å². The van der Waals surface area contributed by atoms with Crippen LogP contribution in [0.1, 0.15) is 56.8 Å². The lowest BCUT2D eigenvalue weighted by atomic mass is 10.2. The van der Waals surface area contributed by atoms with Gasteiger partial charge in [0, 0.05) is 10.9 Å². The zero-order valence-electron chi connectivity index (χ0n) is 12.5. The van der Waals surface area contributed by atoms with Gasteiger partial charge in [-0.05, 0) is 31.5 Å². The average molecular weight is 339 g/mol. The molecule has 0 bridgehead atoms. The number of rotatable bonds is 6. The maximum absolute atomic E-state index is 10.7. The maximum Gasteiger partial charge on any atom is 0.153 e. The van der Waals surface area contributed by atoms with E-state index in [1.165, 1.54) is 6.42 Å². The second kappa shape index (κ2) is 12.7. The first kappa shape index (κ1) is 18.7. The summed E-state index contributed by atoms with van der Waals surface area (Å²) < 4.78 is 6.48. The molecule has 1 rings (SSSR count). The van der Waals surface area contributed by atoms with E-state index in [9.17, 15) is 4.79 Å². The molecular weight excluding hydrogens is 316 g/mol. The molecule has 0 saturated heterocycles. The van der Waals surface area contributed by atoms with Crippen LogP contribution in [0.15, 0.2) is 22.7 Å². The van der Waals surface area contributed by atoms with Crippen LogP contribution < -0.4 is 4.74 Å². The van der Waals surface area contributed by atoms with Crippen molar-refractivity contribution in [3.8, 4) is 17.6 Å². The van der Waals surface area contributed by atoms with Gasteiger partial charge < -0.3 is 4.74 Å². The summed E-state index contributed by atoms with van der Waals surface area (Å²) in [5.41, 5.74) is 0.606. The van der Waals surface area contributed by atoms with E-state index in [1.54, 1.807) is 6.07 Å². The zero-order chi connectivity index (χ0) is 15.2. The Labute approximate surface area is 131 Å². The number of hydrogen-bond acceptors (Lipinski definition) is 2. The minimum atomic E-state index is 0.606. The highest BCUT2D eigenvalue weighted by Crippen LogP contribution is 2.22. The van der Waals surface area contributed by atoms with E-state index >= 15 is 0 Å². The first-order chi connectivity index (χ1) is 9.69. The minimum Gasteiger partial charge on any atom is -0.493 e. The van der Waals surface area contributed by atoms with Crippen LogP contribution in [0.25, 0.3) is 0 Å². The molecule has 0 spiro atoms. The van der Waals surface area contributed by atoms with Gasteiger partial charge in [0.15, 0.2) is 6.29 Å². The largest absolute Gasteiger partial charge is 0.493 e. The van der Waals surface area contributed by atoms with Crippen LogP contribution in [0, 0.1) is 11.8 Å². The minimum absolute atomic E-state index is 0.606. The van der Waals surface area contributed by atoms with E-state index in [0.717, 1.165) is 30.0 Å². The number of carbonyl (C=O) groups excluding carboxylic acids is 1. The third kappa shape index (κ3) is 8.77. The van der Waals surface area contributed by atoms with E-state index in [0.29, 0.717) is 17.9 Å². The third-order valence-corrected chi connectivity index (χ3v) is 2.95. The van der Waals surface area contributed by atoms with Crippen molar-refractivity contribution in [2.24, 2.45) is 0 Å². The molecule has 0 radical (unpaired) electrons. The van der Waals surface area contributed by atoms with Crippen molar-refractivity contribution in [1.82, 2.24) is 0 Å². The first-order valence-electron chi connectivity index (χ1n) is 6.96. The van der Waals surface area contributed by atoms with E-state index in [4.69, 9.17) is 4.74 Å². The zero-order valence-corrected chi connectivity index (χ0v) is 14.1. The van der Waals surface area contributed by atoms with Crippen molar-refractivity contribution in [3.63, 3.8) is 0 Å². The van der Waals surface area contributed by atoms with Crippen molar-refractivity contribution in [2.75, 3.05) is 6.61 Å². The lowest BCUT2D eigenvalue weighted by Crippen LogP contribution is -1.99. The number of aldehydes is 1. The summed E-state index contributed by atoms with van der Waals surface area (Å²) in [4.78, 5) is 10.7. The molecule has 0 aromatic heterocycles. The predicted molar refractivity (Wildman–Crippen MR) is 88.3 cm³/mol. The van der Waals surface area contributed by atoms with Gasteiger partial charge in [0.25, 0.3) is 0 Å². The Bertz CT molecular complexity index is 444. The van der Waals surface area contributed by atoms with Crippen LogP contribution in [0.3, 0.4) is 0 Å². The summed E-state index contributed by atoms with van der Waals surface area (Å²) >= 11 is 3.35. The molecule has 1 aromatic carbocycles. The number of hydrogen-bond donors (Lipinski definition) is 0. The van der Waals surface area contributed by atoms with Crippen molar-refractivity contribution in [1.29, 1.82) is 0 Å². The highest BCUT2D eigenvalue weighted by molar-refractivity contribution is 9.10. The Morgan fingerprint density at radius 1 is 1.30 bits per heavy atom. The number of halogens is 1. The molecule has 3 heteroatoms. The summed E-state index contributed by atoms with van der Waals surface area (Å²) in [6.45, 7) is 6.71. The highest BCUT2D eigenvalue weighted by Gasteiger charge is 2.03. The first-order valence-corrected chi connectivity index (χ1v) is 7.75. The van der Waals surface area contributed by atoms with Crippen molar-refractivity contribution in [2.45, 2.75) is 46.5 Å². The van der Waals surface area contributed by atoms with Gasteiger partial charge in [0.05, 0.1) is 12.2 Å². The lowest BCUT2D eigenvalue weighted by molar-refractivity contribution is 0.111. The van der Waals surface area contributed by atoms with Crippen LogP contribution in [0.5, 0.6) is 5.75 Å². The molecule has 0 aliphatic heterocycles. The molecule has 2 nitrogen and oxygen atoms in total. The van der Waals surface area contributed by atoms with Crippen LogP contribution in [0.2, 0.25) is 0 Å². The van der Waals surface area contributed by atoms with Gasteiger partial charge >= 0.3 is 0 Å². The molecule has 20 heavy (non-hydrogen) atoms. The van der Waals surface area contributed by atoms with Gasteiger partial charge in [-0.1, -0.05) is 42.6 Å². The fourth-order valence-electron chi connectivity index (χ4n) is 1.44. The Balaban J connectivity index is 0.000000621. The summed E-state index contributed by atoms with van der Waals surface area (Å²) in [6.07, 6.45) is 5.16. The molecular formula is C17H23BrO2. The summed E-state index contributed by atoms with van der Waals surface area (Å²) in [5, 5.41) is 0. The smallest absolute Gasteiger partial charge is 0.153 e. The number of ether oxygens (including phenoxy) is 1. The van der Waals surface area contributed by atoms with Crippen LogP contribution in [0.4, 0.5) is 0 Å². The van der Waals surface area contributed by atoms with Gasteiger partial charge in [-0.2, -0.15) is 0 Å². The second-order valence-electron chi connectivity index (χ2n) is 4.14. The second-order valence-corrected chi connectivity index (χ2v) is 5.05. The Morgan fingerprint density at radius 2 is 2.05 bits per heavy atom. The van der Waals surface area contributed by atoms with Gasteiger partial charge in [0.1, 0.15) is 5.75 Å². The summed E-state index contributed by atoms with van der Waals surface area (Å²) in [5.74, 6) is 6.29. The topological polar surface area (TPSA) is 26.3 Å². The molecule has 0 heterocycles. The van der Waals surface area contributed by atoms with Crippen LogP contribution in [-0.2, 0) is 0 Å². The van der Waals surface area contributed by atoms with Gasteiger partial charge in [-0.25, -0.2) is 0 Å². The van der Waals surface area contributed by atoms with Crippen LogP contribution >= 0.6 is 15.9 Å². The Kier molecular flexibility index (Phi) is 11.9. The highest BCUT2D eigenvalue weighted by atomic mass is 79.9. The van der Waals surface area contributed by atoms with Crippen molar-refractivity contribution < 1.29 is 9.53 Å². The van der Waals surface area contributed by atoms with Crippen LogP contribution in [-0.4, -0.2) is 12.9 Å². The SMILES string of the molecule is CC#CCC.CCCCCOc1cc(Br)ccc1C=O.